The monoisotopic (exact) mass is 307 g/mol. The van der Waals surface area contributed by atoms with Gasteiger partial charge in [-0.2, -0.15) is 0 Å². The minimum atomic E-state index is -0.311. The molecule has 0 aliphatic rings. The summed E-state index contributed by atoms with van der Waals surface area (Å²) in [6, 6.07) is 6.03. The Morgan fingerprint density at radius 1 is 1.24 bits per heavy atom. The predicted octanol–water partition coefficient (Wildman–Crippen LogP) is 3.18. The number of aliphatic hydroxyl groups is 1. The topological polar surface area (TPSA) is 49.2 Å². The number of halogens is 1. The van der Waals surface area contributed by atoms with Gasteiger partial charge in [0.15, 0.2) is 0 Å². The molecule has 2 aromatic rings. The molecule has 0 aliphatic heterocycles. The Morgan fingerprint density at radius 3 is 2.33 bits per heavy atom. The fraction of sp³-hybridized carbons (Fsp3) is 0.333. The minimum Gasteiger partial charge on any atom is -0.392 e. The number of rotatable bonds is 4. The van der Waals surface area contributed by atoms with Crippen LogP contribution < -0.4 is 4.31 Å². The highest BCUT2D eigenvalue weighted by Gasteiger charge is 2.18. The molecule has 21 heavy (non-hydrogen) atoms. The summed E-state index contributed by atoms with van der Waals surface area (Å²) in [4.78, 5) is 8.89. The standard InChI is InChI=1S/C15H18FN3OS/c1-9(2)13-12(8-20)14(18-15(17-13)19(3)21)10-4-6-11(16)7-5-10/h4-7,9,20-21H,8H2,1-3H3. The number of anilines is 1. The first-order valence-corrected chi connectivity index (χ1v) is 7.04. The molecule has 4 nitrogen and oxygen atoms in total. The summed E-state index contributed by atoms with van der Waals surface area (Å²) >= 11 is 4.23. The fourth-order valence-electron chi connectivity index (χ4n) is 2.11. The molecule has 0 aliphatic carbocycles. The van der Waals surface area contributed by atoms with Gasteiger partial charge in [0.2, 0.25) is 5.95 Å². The van der Waals surface area contributed by atoms with Crippen LogP contribution in [0.2, 0.25) is 0 Å². The average molecular weight is 307 g/mol. The normalized spacial score (nSPS) is 11.0. The third-order valence-electron chi connectivity index (χ3n) is 3.14. The molecule has 0 atom stereocenters. The Hall–Kier alpha value is -1.66. The van der Waals surface area contributed by atoms with Gasteiger partial charge in [0.1, 0.15) is 5.82 Å². The fourth-order valence-corrected chi connectivity index (χ4v) is 2.20. The molecule has 0 bridgehead atoms. The first kappa shape index (κ1) is 15.7. The maximum Gasteiger partial charge on any atom is 0.235 e. The van der Waals surface area contributed by atoms with Crippen LogP contribution in [0.4, 0.5) is 10.3 Å². The van der Waals surface area contributed by atoms with Gasteiger partial charge in [0, 0.05) is 18.2 Å². The van der Waals surface area contributed by atoms with E-state index in [9.17, 15) is 9.50 Å². The van der Waals surface area contributed by atoms with Gasteiger partial charge < -0.3 is 5.11 Å². The Bertz CT molecular complexity index is 630. The second-order valence-electron chi connectivity index (χ2n) is 5.08. The van der Waals surface area contributed by atoms with E-state index in [1.807, 2.05) is 13.8 Å². The highest BCUT2D eigenvalue weighted by Crippen LogP contribution is 2.30. The molecule has 112 valence electrons. The van der Waals surface area contributed by atoms with Crippen molar-refractivity contribution >= 4 is 18.8 Å². The van der Waals surface area contributed by atoms with E-state index in [-0.39, 0.29) is 18.3 Å². The molecule has 1 aromatic heterocycles. The second-order valence-corrected chi connectivity index (χ2v) is 5.68. The first-order chi connectivity index (χ1) is 9.93. The van der Waals surface area contributed by atoms with Crippen molar-refractivity contribution in [2.24, 2.45) is 0 Å². The van der Waals surface area contributed by atoms with Crippen LogP contribution in [0.1, 0.15) is 31.0 Å². The van der Waals surface area contributed by atoms with Crippen LogP contribution >= 0.6 is 12.8 Å². The van der Waals surface area contributed by atoms with E-state index in [1.54, 1.807) is 19.2 Å². The molecule has 0 unspecified atom stereocenters. The largest absolute Gasteiger partial charge is 0.392 e. The maximum absolute atomic E-state index is 13.1. The van der Waals surface area contributed by atoms with E-state index in [0.717, 1.165) is 11.3 Å². The lowest BCUT2D eigenvalue weighted by Crippen LogP contribution is -2.13. The van der Waals surface area contributed by atoms with Gasteiger partial charge in [0.25, 0.3) is 0 Å². The zero-order valence-corrected chi connectivity index (χ0v) is 13.1. The van der Waals surface area contributed by atoms with Gasteiger partial charge in [-0.05, 0) is 30.2 Å². The number of hydrogen-bond donors (Lipinski definition) is 2. The van der Waals surface area contributed by atoms with E-state index < -0.39 is 0 Å². The number of benzene rings is 1. The second kappa shape index (κ2) is 6.41. The predicted molar refractivity (Wildman–Crippen MR) is 84.8 cm³/mol. The van der Waals surface area contributed by atoms with Crippen LogP contribution in [-0.2, 0) is 6.61 Å². The van der Waals surface area contributed by atoms with Crippen molar-refractivity contribution in [1.82, 2.24) is 9.97 Å². The third kappa shape index (κ3) is 3.33. The third-order valence-corrected chi connectivity index (χ3v) is 3.32. The number of hydrogen-bond acceptors (Lipinski definition) is 5. The van der Waals surface area contributed by atoms with E-state index >= 15 is 0 Å². The van der Waals surface area contributed by atoms with Gasteiger partial charge >= 0.3 is 0 Å². The highest BCUT2D eigenvalue weighted by atomic mass is 32.1. The summed E-state index contributed by atoms with van der Waals surface area (Å²) in [5.41, 5.74) is 2.77. The van der Waals surface area contributed by atoms with Crippen LogP contribution in [0, 0.1) is 5.82 Å². The molecule has 1 N–H and O–H groups in total. The molecule has 0 amide bonds. The van der Waals surface area contributed by atoms with Crippen molar-refractivity contribution in [3.05, 3.63) is 41.3 Å². The molecule has 0 radical (unpaired) electrons. The van der Waals surface area contributed by atoms with Crippen molar-refractivity contribution in [2.75, 3.05) is 11.4 Å². The number of thiol groups is 1. The van der Waals surface area contributed by atoms with E-state index in [4.69, 9.17) is 0 Å². The van der Waals surface area contributed by atoms with Gasteiger partial charge in [0.05, 0.1) is 18.0 Å². The molecule has 0 saturated carbocycles. The van der Waals surface area contributed by atoms with Crippen molar-refractivity contribution in [3.63, 3.8) is 0 Å². The van der Waals surface area contributed by atoms with Crippen molar-refractivity contribution in [2.45, 2.75) is 26.4 Å². The summed E-state index contributed by atoms with van der Waals surface area (Å²) in [7, 11) is 1.73. The van der Waals surface area contributed by atoms with Crippen LogP contribution in [0.3, 0.4) is 0 Å². The smallest absolute Gasteiger partial charge is 0.235 e. The maximum atomic E-state index is 13.1. The lowest BCUT2D eigenvalue weighted by atomic mass is 9.99. The van der Waals surface area contributed by atoms with Gasteiger partial charge in [-0.3, -0.25) is 4.31 Å². The van der Waals surface area contributed by atoms with Crippen molar-refractivity contribution in [3.8, 4) is 11.3 Å². The Morgan fingerprint density at radius 2 is 1.86 bits per heavy atom. The Kier molecular flexibility index (Phi) is 4.80. The Balaban J connectivity index is 2.69. The molecule has 0 saturated heterocycles. The first-order valence-electron chi connectivity index (χ1n) is 6.64. The quantitative estimate of drug-likeness (QED) is 0.852. The van der Waals surface area contributed by atoms with Crippen LogP contribution in [-0.4, -0.2) is 22.1 Å². The molecule has 2 rings (SSSR count). The molecule has 0 spiro atoms. The van der Waals surface area contributed by atoms with Gasteiger partial charge in [-0.15, -0.1) is 0 Å². The molecule has 6 heteroatoms. The zero-order chi connectivity index (χ0) is 15.6. The number of aliphatic hydroxyl groups excluding tert-OH is 1. The van der Waals surface area contributed by atoms with Crippen molar-refractivity contribution in [1.29, 1.82) is 0 Å². The SMILES string of the molecule is CC(C)c1nc(N(C)S)nc(-c2ccc(F)cc2)c1CO. The molecular weight excluding hydrogens is 289 g/mol. The minimum absolute atomic E-state index is 0.126. The summed E-state index contributed by atoms with van der Waals surface area (Å²) in [5.74, 6) is 0.258. The van der Waals surface area contributed by atoms with Crippen LogP contribution in [0.25, 0.3) is 11.3 Å². The molecule has 1 heterocycles. The van der Waals surface area contributed by atoms with Gasteiger partial charge in [-0.1, -0.05) is 26.7 Å². The summed E-state index contributed by atoms with van der Waals surface area (Å²) in [5, 5.41) is 9.71. The summed E-state index contributed by atoms with van der Waals surface area (Å²) in [6.45, 7) is 3.83. The van der Waals surface area contributed by atoms with E-state index in [2.05, 4.69) is 22.8 Å². The number of aromatic nitrogens is 2. The average Bonchev–Trinajstić information content (AvgIpc) is 2.46. The molecule has 1 aromatic carbocycles. The Labute approximate surface area is 129 Å². The van der Waals surface area contributed by atoms with E-state index in [0.29, 0.717) is 17.2 Å². The lowest BCUT2D eigenvalue weighted by molar-refractivity contribution is 0.279. The zero-order valence-electron chi connectivity index (χ0n) is 12.2. The lowest BCUT2D eigenvalue weighted by Gasteiger charge is -2.18. The highest BCUT2D eigenvalue weighted by molar-refractivity contribution is 7.81. The van der Waals surface area contributed by atoms with Gasteiger partial charge in [-0.25, -0.2) is 14.4 Å². The summed E-state index contributed by atoms with van der Waals surface area (Å²) in [6.07, 6.45) is 0. The molecule has 0 fully saturated rings. The molecular formula is C15H18FN3OS. The van der Waals surface area contributed by atoms with Crippen LogP contribution in [0.5, 0.6) is 0 Å². The van der Waals surface area contributed by atoms with E-state index in [1.165, 1.54) is 16.4 Å². The van der Waals surface area contributed by atoms with Crippen molar-refractivity contribution < 1.29 is 9.50 Å². The van der Waals surface area contributed by atoms with Crippen LogP contribution in [0.15, 0.2) is 24.3 Å². The number of nitrogens with zero attached hydrogens (tertiary/aromatic N) is 3. The summed E-state index contributed by atoms with van der Waals surface area (Å²) < 4.78 is 14.6.